The molecule has 0 radical (unpaired) electrons. The lowest BCUT2D eigenvalue weighted by atomic mass is 10.1. The molecule has 0 heterocycles. The third-order valence-electron chi connectivity index (χ3n) is 3.10. The Kier molecular flexibility index (Phi) is 11.2. The summed E-state index contributed by atoms with van der Waals surface area (Å²) >= 11 is 0. The number of carbonyl (C=O) groups excluding carboxylic acids is 1. The molecule has 6 heteroatoms. The topological polar surface area (TPSA) is 68.8 Å². The summed E-state index contributed by atoms with van der Waals surface area (Å²) in [6.45, 7) is 9.62. The van der Waals surface area contributed by atoms with Crippen molar-refractivity contribution in [2.24, 2.45) is 0 Å². The molecule has 0 spiro atoms. The van der Waals surface area contributed by atoms with Gasteiger partial charge in [-0.3, -0.25) is 0 Å². The van der Waals surface area contributed by atoms with E-state index in [4.69, 9.17) is 14.2 Å². The summed E-state index contributed by atoms with van der Waals surface area (Å²) in [5.74, 6) is 0. The van der Waals surface area contributed by atoms with E-state index in [1.807, 2.05) is 20.8 Å². The lowest BCUT2D eigenvalue weighted by Crippen LogP contribution is -2.43. The molecule has 1 amide bonds. The van der Waals surface area contributed by atoms with Gasteiger partial charge in [0.15, 0.2) is 0 Å². The van der Waals surface area contributed by atoms with E-state index in [0.29, 0.717) is 25.8 Å². The van der Waals surface area contributed by atoms with E-state index in [0.717, 1.165) is 19.3 Å². The van der Waals surface area contributed by atoms with Crippen LogP contribution in [-0.4, -0.2) is 57.8 Å². The molecule has 0 bridgehead atoms. The van der Waals surface area contributed by atoms with Crippen LogP contribution in [0.1, 0.15) is 47.0 Å². The van der Waals surface area contributed by atoms with E-state index in [1.54, 1.807) is 14.2 Å². The van der Waals surface area contributed by atoms with Crippen LogP contribution in [0.3, 0.4) is 0 Å². The lowest BCUT2D eigenvalue weighted by molar-refractivity contribution is 0.0525. The van der Waals surface area contributed by atoms with Crippen LogP contribution >= 0.6 is 0 Å². The molecule has 0 rings (SSSR count). The summed E-state index contributed by atoms with van der Waals surface area (Å²) in [6.07, 6.45) is 2.42. The maximum atomic E-state index is 11.5. The maximum Gasteiger partial charge on any atom is 0.407 e. The molecule has 0 aromatic carbocycles. The number of nitrogens with one attached hydrogen (secondary N) is 2. The number of rotatable bonds is 11. The SMILES string of the molecule is CCC(COC)NC(CCCNC(=O)OC(C)(C)C)COC. The molecule has 22 heavy (non-hydrogen) atoms. The maximum absolute atomic E-state index is 11.5. The highest BCUT2D eigenvalue weighted by atomic mass is 16.6. The van der Waals surface area contributed by atoms with Crippen molar-refractivity contribution in [2.45, 2.75) is 64.6 Å². The minimum Gasteiger partial charge on any atom is -0.444 e. The van der Waals surface area contributed by atoms with E-state index >= 15 is 0 Å². The summed E-state index contributed by atoms with van der Waals surface area (Å²) in [6, 6.07) is 0.578. The van der Waals surface area contributed by atoms with Gasteiger partial charge >= 0.3 is 6.09 Å². The average molecular weight is 318 g/mol. The summed E-state index contributed by atoms with van der Waals surface area (Å²) in [4.78, 5) is 11.5. The number of amides is 1. The van der Waals surface area contributed by atoms with Gasteiger partial charge in [0.25, 0.3) is 0 Å². The van der Waals surface area contributed by atoms with Gasteiger partial charge in [-0.25, -0.2) is 4.79 Å². The molecule has 0 aromatic heterocycles. The van der Waals surface area contributed by atoms with Crippen molar-refractivity contribution in [3.63, 3.8) is 0 Å². The Bertz CT molecular complexity index is 292. The fraction of sp³-hybridized carbons (Fsp3) is 0.938. The molecule has 0 aliphatic rings. The van der Waals surface area contributed by atoms with Crippen molar-refractivity contribution in [1.29, 1.82) is 0 Å². The zero-order valence-corrected chi connectivity index (χ0v) is 15.0. The zero-order valence-electron chi connectivity index (χ0n) is 15.0. The van der Waals surface area contributed by atoms with Crippen molar-refractivity contribution < 1.29 is 19.0 Å². The van der Waals surface area contributed by atoms with Gasteiger partial charge in [-0.15, -0.1) is 0 Å². The first kappa shape index (κ1) is 21.1. The van der Waals surface area contributed by atoms with Crippen molar-refractivity contribution >= 4 is 6.09 Å². The van der Waals surface area contributed by atoms with Crippen LogP contribution in [-0.2, 0) is 14.2 Å². The minimum absolute atomic E-state index is 0.255. The first-order valence-corrected chi connectivity index (χ1v) is 8.03. The monoisotopic (exact) mass is 318 g/mol. The van der Waals surface area contributed by atoms with Crippen molar-refractivity contribution in [2.75, 3.05) is 34.0 Å². The molecule has 132 valence electrons. The molecular weight excluding hydrogens is 284 g/mol. The fourth-order valence-electron chi connectivity index (χ4n) is 2.09. The fourth-order valence-corrected chi connectivity index (χ4v) is 2.09. The van der Waals surface area contributed by atoms with Gasteiger partial charge in [0.05, 0.1) is 13.2 Å². The first-order valence-electron chi connectivity index (χ1n) is 8.03. The third-order valence-corrected chi connectivity index (χ3v) is 3.10. The van der Waals surface area contributed by atoms with Gasteiger partial charge < -0.3 is 24.8 Å². The van der Waals surface area contributed by atoms with Crippen LogP contribution in [0.4, 0.5) is 4.79 Å². The molecule has 6 nitrogen and oxygen atoms in total. The molecule has 0 aliphatic carbocycles. The number of hydrogen-bond acceptors (Lipinski definition) is 5. The Morgan fingerprint density at radius 3 is 2.18 bits per heavy atom. The third kappa shape index (κ3) is 11.8. The van der Waals surface area contributed by atoms with Gasteiger partial charge in [0.2, 0.25) is 0 Å². The summed E-state index contributed by atoms with van der Waals surface area (Å²) in [5, 5.41) is 6.31. The van der Waals surface area contributed by atoms with Crippen LogP contribution in [0.5, 0.6) is 0 Å². The van der Waals surface area contributed by atoms with Crippen LogP contribution in [0, 0.1) is 0 Å². The van der Waals surface area contributed by atoms with Crippen LogP contribution < -0.4 is 10.6 Å². The van der Waals surface area contributed by atoms with Crippen LogP contribution in [0.2, 0.25) is 0 Å². The van der Waals surface area contributed by atoms with E-state index in [9.17, 15) is 4.79 Å². The molecule has 0 saturated carbocycles. The zero-order chi connectivity index (χ0) is 17.0. The predicted molar refractivity (Wildman–Crippen MR) is 88.2 cm³/mol. The number of alkyl carbamates (subject to hydrolysis) is 1. The second kappa shape index (κ2) is 11.7. The van der Waals surface area contributed by atoms with Crippen molar-refractivity contribution in [3.8, 4) is 0 Å². The van der Waals surface area contributed by atoms with Gasteiger partial charge in [0, 0.05) is 32.8 Å². The predicted octanol–water partition coefficient (Wildman–Crippen LogP) is 2.32. The Hall–Kier alpha value is -0.850. The normalized spacial score (nSPS) is 14.5. The molecular formula is C16H34N2O4. The number of methoxy groups -OCH3 is 2. The summed E-state index contributed by atoms with van der Waals surface area (Å²) in [7, 11) is 3.41. The summed E-state index contributed by atoms with van der Waals surface area (Å²) in [5.41, 5.74) is -0.460. The Morgan fingerprint density at radius 2 is 1.68 bits per heavy atom. The number of ether oxygens (including phenoxy) is 3. The molecule has 0 aliphatic heterocycles. The van der Waals surface area contributed by atoms with Gasteiger partial charge in [-0.2, -0.15) is 0 Å². The highest BCUT2D eigenvalue weighted by molar-refractivity contribution is 5.67. The highest BCUT2D eigenvalue weighted by Crippen LogP contribution is 2.07. The molecule has 2 N–H and O–H groups in total. The molecule has 0 fully saturated rings. The molecule has 2 atom stereocenters. The smallest absolute Gasteiger partial charge is 0.407 e. The van der Waals surface area contributed by atoms with Crippen LogP contribution in [0.25, 0.3) is 0 Å². The largest absolute Gasteiger partial charge is 0.444 e. The standard InChI is InChI=1S/C16H34N2O4/c1-7-13(11-20-5)18-14(12-21-6)9-8-10-17-15(19)22-16(2,3)4/h13-14,18H,7-12H2,1-6H3,(H,17,19). The summed E-state index contributed by atoms with van der Waals surface area (Å²) < 4.78 is 15.7. The van der Waals surface area contributed by atoms with E-state index in [-0.39, 0.29) is 12.1 Å². The lowest BCUT2D eigenvalue weighted by Gasteiger charge is -2.24. The Labute approximate surface area is 135 Å². The van der Waals surface area contributed by atoms with Gasteiger partial charge in [-0.05, 0) is 40.0 Å². The van der Waals surface area contributed by atoms with Crippen molar-refractivity contribution in [3.05, 3.63) is 0 Å². The quantitative estimate of drug-likeness (QED) is 0.572. The Balaban J connectivity index is 4.02. The molecule has 2 unspecified atom stereocenters. The van der Waals surface area contributed by atoms with Gasteiger partial charge in [-0.1, -0.05) is 6.92 Å². The molecule has 0 saturated heterocycles. The van der Waals surface area contributed by atoms with Gasteiger partial charge in [0.1, 0.15) is 5.60 Å². The number of hydrogen-bond donors (Lipinski definition) is 2. The minimum atomic E-state index is -0.460. The molecule has 0 aromatic rings. The van der Waals surface area contributed by atoms with Crippen LogP contribution in [0.15, 0.2) is 0 Å². The second-order valence-electron chi connectivity index (χ2n) is 6.45. The second-order valence-corrected chi connectivity index (χ2v) is 6.45. The Morgan fingerprint density at radius 1 is 1.09 bits per heavy atom. The first-order chi connectivity index (χ1) is 10.3. The van der Waals surface area contributed by atoms with Crippen molar-refractivity contribution in [1.82, 2.24) is 10.6 Å². The average Bonchev–Trinajstić information content (AvgIpc) is 2.41. The number of carbonyl (C=O) groups is 1. The highest BCUT2D eigenvalue weighted by Gasteiger charge is 2.16. The van der Waals surface area contributed by atoms with E-state index < -0.39 is 5.60 Å². The van der Waals surface area contributed by atoms with E-state index in [2.05, 4.69) is 17.6 Å². The van der Waals surface area contributed by atoms with E-state index in [1.165, 1.54) is 0 Å².